The first kappa shape index (κ1) is 13.8. The number of hydrogen-bond acceptors (Lipinski definition) is 3. The van der Waals surface area contributed by atoms with Gasteiger partial charge in [0, 0.05) is 12.7 Å². The number of carbonyl (C=O) groups is 1. The van der Waals surface area contributed by atoms with Crippen LogP contribution < -0.4 is 0 Å². The standard InChI is InChI=1S/C16H19N3O2/c1-12-15(16(21)18-9-5-8-14(18)11-20)10-19(17-12)13-6-3-2-4-7-13/h2-4,6-7,10,14,20H,5,8-9,11H2,1H3. The fraction of sp³-hybridized carbons (Fsp3) is 0.375. The monoisotopic (exact) mass is 285 g/mol. The second-order valence-corrected chi connectivity index (χ2v) is 5.39. The predicted octanol–water partition coefficient (Wildman–Crippen LogP) is 1.78. The molecule has 110 valence electrons. The lowest BCUT2D eigenvalue weighted by Gasteiger charge is -2.22. The average molecular weight is 285 g/mol. The molecule has 5 heteroatoms. The van der Waals surface area contributed by atoms with E-state index in [1.807, 2.05) is 37.3 Å². The Labute approximate surface area is 123 Å². The molecule has 5 nitrogen and oxygen atoms in total. The minimum absolute atomic E-state index is 0.0254. The highest BCUT2D eigenvalue weighted by molar-refractivity contribution is 5.95. The summed E-state index contributed by atoms with van der Waals surface area (Å²) in [7, 11) is 0. The number of aliphatic hydroxyl groups is 1. The molecule has 1 aromatic heterocycles. The first-order chi connectivity index (χ1) is 10.2. The Morgan fingerprint density at radius 2 is 2.14 bits per heavy atom. The number of benzene rings is 1. The van der Waals surface area contributed by atoms with E-state index in [1.54, 1.807) is 15.8 Å². The van der Waals surface area contributed by atoms with Gasteiger partial charge in [0.2, 0.25) is 0 Å². The Morgan fingerprint density at radius 3 is 2.86 bits per heavy atom. The molecule has 1 aliphatic heterocycles. The van der Waals surface area contributed by atoms with Crippen LogP contribution in [-0.2, 0) is 0 Å². The van der Waals surface area contributed by atoms with E-state index >= 15 is 0 Å². The van der Waals surface area contributed by atoms with Gasteiger partial charge in [-0.3, -0.25) is 4.79 Å². The van der Waals surface area contributed by atoms with Gasteiger partial charge < -0.3 is 10.0 Å². The van der Waals surface area contributed by atoms with Crippen LogP contribution >= 0.6 is 0 Å². The van der Waals surface area contributed by atoms with Crippen molar-refractivity contribution >= 4 is 5.91 Å². The van der Waals surface area contributed by atoms with Crippen LogP contribution in [0.2, 0.25) is 0 Å². The van der Waals surface area contributed by atoms with Crippen LogP contribution in [0.5, 0.6) is 0 Å². The zero-order chi connectivity index (χ0) is 14.8. The van der Waals surface area contributed by atoms with Crippen LogP contribution in [0, 0.1) is 6.92 Å². The van der Waals surface area contributed by atoms with E-state index in [0.717, 1.165) is 18.5 Å². The van der Waals surface area contributed by atoms with E-state index in [2.05, 4.69) is 5.10 Å². The van der Waals surface area contributed by atoms with Crippen LogP contribution in [0.15, 0.2) is 36.5 Å². The zero-order valence-corrected chi connectivity index (χ0v) is 12.1. The van der Waals surface area contributed by atoms with Crippen molar-refractivity contribution in [3.63, 3.8) is 0 Å². The van der Waals surface area contributed by atoms with Crippen LogP contribution in [0.4, 0.5) is 0 Å². The number of nitrogens with zero attached hydrogens (tertiary/aromatic N) is 3. The number of aromatic nitrogens is 2. The Morgan fingerprint density at radius 1 is 1.38 bits per heavy atom. The third-order valence-electron chi connectivity index (χ3n) is 4.00. The van der Waals surface area contributed by atoms with Crippen molar-refractivity contribution < 1.29 is 9.90 Å². The lowest BCUT2D eigenvalue weighted by atomic mass is 10.2. The molecule has 1 amide bonds. The molecule has 0 bridgehead atoms. The zero-order valence-electron chi connectivity index (χ0n) is 12.1. The summed E-state index contributed by atoms with van der Waals surface area (Å²) in [5.74, 6) is -0.0359. The molecule has 0 saturated carbocycles. The summed E-state index contributed by atoms with van der Waals surface area (Å²) in [6.07, 6.45) is 3.59. The SMILES string of the molecule is Cc1nn(-c2ccccc2)cc1C(=O)N1CCCC1CO. The maximum atomic E-state index is 12.6. The van der Waals surface area contributed by atoms with E-state index in [0.29, 0.717) is 17.8 Å². The molecule has 1 N–H and O–H groups in total. The van der Waals surface area contributed by atoms with Gasteiger partial charge in [0.1, 0.15) is 0 Å². The fourth-order valence-electron chi connectivity index (χ4n) is 2.83. The molecule has 1 saturated heterocycles. The molecule has 1 aromatic carbocycles. The maximum Gasteiger partial charge on any atom is 0.257 e. The predicted molar refractivity (Wildman–Crippen MR) is 79.4 cm³/mol. The van der Waals surface area contributed by atoms with Crippen molar-refractivity contribution in [2.45, 2.75) is 25.8 Å². The van der Waals surface area contributed by atoms with Crippen molar-refractivity contribution in [3.8, 4) is 5.69 Å². The van der Waals surface area contributed by atoms with Crippen molar-refractivity contribution in [1.82, 2.24) is 14.7 Å². The van der Waals surface area contributed by atoms with Crippen molar-refractivity contribution in [2.75, 3.05) is 13.2 Å². The molecule has 0 radical (unpaired) electrons. The number of para-hydroxylation sites is 1. The second kappa shape index (κ2) is 5.69. The number of carbonyl (C=O) groups excluding carboxylic acids is 1. The Balaban J connectivity index is 1.89. The van der Waals surface area contributed by atoms with Gasteiger partial charge >= 0.3 is 0 Å². The summed E-state index contributed by atoms with van der Waals surface area (Å²) in [6, 6.07) is 9.67. The third kappa shape index (κ3) is 2.56. The molecule has 0 spiro atoms. The number of rotatable bonds is 3. The summed E-state index contributed by atoms with van der Waals surface area (Å²) in [5.41, 5.74) is 2.26. The van der Waals surface area contributed by atoms with E-state index in [9.17, 15) is 9.90 Å². The molecule has 0 aliphatic carbocycles. The Bertz CT molecular complexity index is 636. The Kier molecular flexibility index (Phi) is 3.75. The molecule has 21 heavy (non-hydrogen) atoms. The van der Waals surface area contributed by atoms with Gasteiger partial charge in [-0.05, 0) is 31.9 Å². The highest BCUT2D eigenvalue weighted by Crippen LogP contribution is 2.21. The van der Waals surface area contributed by atoms with Gasteiger partial charge in [0.25, 0.3) is 5.91 Å². The lowest BCUT2D eigenvalue weighted by Crippen LogP contribution is -2.37. The van der Waals surface area contributed by atoms with Crippen LogP contribution in [0.3, 0.4) is 0 Å². The smallest absolute Gasteiger partial charge is 0.257 e. The van der Waals surface area contributed by atoms with Gasteiger partial charge in [-0.2, -0.15) is 5.10 Å². The third-order valence-corrected chi connectivity index (χ3v) is 4.00. The molecule has 1 atom stereocenters. The molecular weight excluding hydrogens is 266 g/mol. The lowest BCUT2D eigenvalue weighted by molar-refractivity contribution is 0.0677. The first-order valence-corrected chi connectivity index (χ1v) is 7.24. The summed E-state index contributed by atoms with van der Waals surface area (Å²) in [6.45, 7) is 2.58. The minimum Gasteiger partial charge on any atom is -0.394 e. The van der Waals surface area contributed by atoms with Crippen LogP contribution in [0.1, 0.15) is 28.9 Å². The number of hydrogen-bond donors (Lipinski definition) is 1. The maximum absolute atomic E-state index is 12.6. The van der Waals surface area contributed by atoms with Crippen molar-refractivity contribution in [2.24, 2.45) is 0 Å². The van der Waals surface area contributed by atoms with Gasteiger partial charge in [0.05, 0.1) is 29.6 Å². The number of likely N-dealkylation sites (tertiary alicyclic amines) is 1. The van der Waals surface area contributed by atoms with E-state index in [4.69, 9.17) is 0 Å². The molecule has 3 rings (SSSR count). The van der Waals surface area contributed by atoms with E-state index < -0.39 is 0 Å². The number of amides is 1. The largest absolute Gasteiger partial charge is 0.394 e. The average Bonchev–Trinajstić information content (AvgIpc) is 3.13. The topological polar surface area (TPSA) is 58.4 Å². The molecule has 2 heterocycles. The summed E-state index contributed by atoms with van der Waals surface area (Å²) in [5, 5.41) is 13.8. The van der Waals surface area contributed by atoms with Gasteiger partial charge in [-0.15, -0.1) is 0 Å². The highest BCUT2D eigenvalue weighted by atomic mass is 16.3. The van der Waals surface area contributed by atoms with E-state index in [-0.39, 0.29) is 18.6 Å². The van der Waals surface area contributed by atoms with E-state index in [1.165, 1.54) is 0 Å². The minimum atomic E-state index is -0.0584. The van der Waals surface area contributed by atoms with Crippen molar-refractivity contribution in [1.29, 1.82) is 0 Å². The van der Waals surface area contributed by atoms with Gasteiger partial charge in [0.15, 0.2) is 0 Å². The summed E-state index contributed by atoms with van der Waals surface area (Å²) < 4.78 is 1.73. The summed E-state index contributed by atoms with van der Waals surface area (Å²) in [4.78, 5) is 14.4. The molecule has 1 unspecified atom stereocenters. The van der Waals surface area contributed by atoms with Gasteiger partial charge in [-0.25, -0.2) is 4.68 Å². The van der Waals surface area contributed by atoms with Crippen LogP contribution in [-0.4, -0.2) is 44.9 Å². The fourth-order valence-corrected chi connectivity index (χ4v) is 2.83. The van der Waals surface area contributed by atoms with Gasteiger partial charge in [-0.1, -0.05) is 18.2 Å². The molecule has 2 aromatic rings. The first-order valence-electron chi connectivity index (χ1n) is 7.24. The molecule has 1 fully saturated rings. The molecular formula is C16H19N3O2. The van der Waals surface area contributed by atoms with Crippen LogP contribution in [0.25, 0.3) is 5.69 Å². The quantitative estimate of drug-likeness (QED) is 0.935. The number of aryl methyl sites for hydroxylation is 1. The molecule has 1 aliphatic rings. The summed E-state index contributed by atoms with van der Waals surface area (Å²) >= 11 is 0. The Hall–Kier alpha value is -2.14. The van der Waals surface area contributed by atoms with Crippen molar-refractivity contribution in [3.05, 3.63) is 47.8 Å². The second-order valence-electron chi connectivity index (χ2n) is 5.39. The number of aliphatic hydroxyl groups excluding tert-OH is 1. The normalized spacial score (nSPS) is 18.2. The highest BCUT2D eigenvalue weighted by Gasteiger charge is 2.30.